The lowest BCUT2D eigenvalue weighted by molar-refractivity contribution is 0.751. The SMILES string of the molecule is Cc1ccc2c(C)[nH]nc2c1.Cc1ccc2c(C)n(C)nc2c1.Cc1ccc2c(C)nn(C)c2c1.Cc1ccc2cn[nH]c2c1. The largest absolute Gasteiger partial charge is 0.282 e. The Morgan fingerprint density at radius 3 is 1.89 bits per heavy atom. The van der Waals surface area contributed by atoms with Gasteiger partial charge in [0.25, 0.3) is 0 Å². The van der Waals surface area contributed by atoms with E-state index in [0.717, 1.165) is 27.9 Å². The summed E-state index contributed by atoms with van der Waals surface area (Å²) in [4.78, 5) is 0. The van der Waals surface area contributed by atoms with Crippen molar-refractivity contribution in [1.29, 1.82) is 0 Å². The van der Waals surface area contributed by atoms with E-state index >= 15 is 0 Å². The molecule has 8 heteroatoms. The van der Waals surface area contributed by atoms with Gasteiger partial charge in [-0.25, -0.2) is 0 Å². The Kier molecular flexibility index (Phi) is 9.13. The highest BCUT2D eigenvalue weighted by Crippen LogP contribution is 2.19. The van der Waals surface area contributed by atoms with Gasteiger partial charge < -0.3 is 0 Å². The molecule has 4 aromatic heterocycles. The molecule has 8 nitrogen and oxygen atoms in total. The van der Waals surface area contributed by atoms with Gasteiger partial charge in [0.2, 0.25) is 0 Å². The van der Waals surface area contributed by atoms with Crippen molar-refractivity contribution < 1.29 is 0 Å². The van der Waals surface area contributed by atoms with Crippen LogP contribution in [0.5, 0.6) is 0 Å². The van der Waals surface area contributed by atoms with Gasteiger partial charge in [0.1, 0.15) is 0 Å². The van der Waals surface area contributed by atoms with E-state index in [1.54, 1.807) is 0 Å². The van der Waals surface area contributed by atoms with E-state index in [1.807, 2.05) is 43.5 Å². The highest BCUT2D eigenvalue weighted by Gasteiger charge is 2.04. The average Bonchev–Trinajstić information content (AvgIpc) is 3.75. The van der Waals surface area contributed by atoms with Crippen LogP contribution >= 0.6 is 0 Å². The zero-order valence-corrected chi connectivity index (χ0v) is 27.7. The van der Waals surface area contributed by atoms with Crippen LogP contribution in [0.2, 0.25) is 0 Å². The van der Waals surface area contributed by atoms with Crippen molar-refractivity contribution >= 4 is 43.6 Å². The molecule has 0 spiro atoms. The smallest absolute Gasteiger partial charge is 0.0928 e. The monoisotopic (exact) mass is 598 g/mol. The Balaban J connectivity index is 0.000000119. The Morgan fingerprint density at radius 2 is 1.16 bits per heavy atom. The van der Waals surface area contributed by atoms with Gasteiger partial charge >= 0.3 is 0 Å². The molecule has 0 aliphatic carbocycles. The summed E-state index contributed by atoms with van der Waals surface area (Å²) in [5, 5.41) is 27.6. The summed E-state index contributed by atoms with van der Waals surface area (Å²) in [6.45, 7) is 14.5. The molecule has 0 atom stereocenters. The third kappa shape index (κ3) is 7.12. The maximum absolute atomic E-state index is 4.39. The molecular weight excluding hydrogens is 556 g/mol. The Bertz CT molecular complexity index is 2220. The molecule has 0 aliphatic heterocycles. The number of hydrogen-bond acceptors (Lipinski definition) is 4. The fraction of sp³-hybridized carbons (Fsp3) is 0.243. The molecule has 2 N–H and O–H groups in total. The number of aromatic amines is 2. The maximum Gasteiger partial charge on any atom is 0.0928 e. The molecule has 0 saturated heterocycles. The Hall–Kier alpha value is -5.24. The van der Waals surface area contributed by atoms with Crippen LogP contribution in [0.25, 0.3) is 43.6 Å². The molecule has 4 heterocycles. The topological polar surface area (TPSA) is 93.0 Å². The normalized spacial score (nSPS) is 10.8. The molecule has 4 aromatic carbocycles. The van der Waals surface area contributed by atoms with Crippen molar-refractivity contribution in [3.8, 4) is 0 Å². The summed E-state index contributed by atoms with van der Waals surface area (Å²) in [5.41, 5.74) is 13.0. The lowest BCUT2D eigenvalue weighted by Gasteiger charge is -1.94. The van der Waals surface area contributed by atoms with Crippen LogP contribution < -0.4 is 0 Å². The standard InChI is InChI=1S/2C10H12N2.C9H10N2.C8H8N2/c1-7-4-5-9-8(2)12(3)11-10(9)6-7;1-7-4-5-9-8(2)11-12(3)10(9)6-7;1-6-3-4-8-7(2)10-11-9(8)5-6;1-6-2-3-7-5-9-10-8(7)4-6/h2*4-6H,1-3H3;3-5H,1-2H3,(H,10,11);2-5H,1H3,(H,9,10). The van der Waals surface area contributed by atoms with Crippen LogP contribution in [0.1, 0.15) is 39.3 Å². The van der Waals surface area contributed by atoms with Gasteiger partial charge in [0.05, 0.1) is 34.0 Å². The average molecular weight is 599 g/mol. The molecule has 0 aliphatic rings. The van der Waals surface area contributed by atoms with E-state index < -0.39 is 0 Å². The predicted octanol–water partition coefficient (Wildman–Crippen LogP) is 8.43. The number of nitrogens with one attached hydrogen (secondary N) is 2. The quantitative estimate of drug-likeness (QED) is 0.183. The second-order valence-electron chi connectivity index (χ2n) is 11.8. The number of H-pyrrole nitrogens is 2. The molecule has 0 fully saturated rings. The first-order valence-electron chi connectivity index (χ1n) is 15.1. The van der Waals surface area contributed by atoms with Crippen molar-refractivity contribution in [2.45, 2.75) is 48.5 Å². The van der Waals surface area contributed by atoms with Crippen molar-refractivity contribution in [1.82, 2.24) is 40.0 Å². The van der Waals surface area contributed by atoms with E-state index in [1.165, 1.54) is 55.0 Å². The first kappa shape index (κ1) is 31.2. The molecule has 0 amide bonds. The number of aromatic nitrogens is 8. The van der Waals surface area contributed by atoms with Crippen LogP contribution in [0.3, 0.4) is 0 Å². The minimum Gasteiger partial charge on any atom is -0.282 e. The molecule has 0 saturated carbocycles. The second kappa shape index (κ2) is 13.2. The van der Waals surface area contributed by atoms with E-state index in [4.69, 9.17) is 0 Å². The van der Waals surface area contributed by atoms with E-state index in [9.17, 15) is 0 Å². The van der Waals surface area contributed by atoms with Crippen molar-refractivity contribution in [3.63, 3.8) is 0 Å². The van der Waals surface area contributed by atoms with E-state index in [0.29, 0.717) is 0 Å². The lowest BCUT2D eigenvalue weighted by atomic mass is 10.1. The van der Waals surface area contributed by atoms with Crippen LogP contribution in [0, 0.1) is 48.5 Å². The molecule has 45 heavy (non-hydrogen) atoms. The van der Waals surface area contributed by atoms with Crippen LogP contribution in [0.15, 0.2) is 79.0 Å². The van der Waals surface area contributed by atoms with Gasteiger partial charge in [-0.1, -0.05) is 48.5 Å². The molecule has 0 bridgehead atoms. The highest BCUT2D eigenvalue weighted by atomic mass is 15.3. The molecule has 8 aromatic rings. The fourth-order valence-electron chi connectivity index (χ4n) is 5.30. The van der Waals surface area contributed by atoms with E-state index in [-0.39, 0.29) is 0 Å². The third-order valence-corrected chi connectivity index (χ3v) is 7.98. The minimum atomic E-state index is 1.06. The highest BCUT2D eigenvalue weighted by molar-refractivity contribution is 5.83. The zero-order valence-electron chi connectivity index (χ0n) is 27.7. The van der Waals surface area contributed by atoms with Crippen molar-refractivity contribution in [2.24, 2.45) is 14.1 Å². The van der Waals surface area contributed by atoms with Crippen LogP contribution in [-0.4, -0.2) is 40.0 Å². The maximum atomic E-state index is 4.39. The number of rotatable bonds is 0. The van der Waals surface area contributed by atoms with E-state index in [2.05, 4.69) is 138 Å². The third-order valence-electron chi connectivity index (χ3n) is 7.98. The van der Waals surface area contributed by atoms with Gasteiger partial charge in [-0.15, -0.1) is 0 Å². The molecule has 8 rings (SSSR count). The second-order valence-corrected chi connectivity index (χ2v) is 11.8. The molecular formula is C37H42N8. The minimum absolute atomic E-state index is 1.06. The summed E-state index contributed by atoms with van der Waals surface area (Å²) in [7, 11) is 3.96. The van der Waals surface area contributed by atoms with Gasteiger partial charge in [-0.2, -0.15) is 20.4 Å². The van der Waals surface area contributed by atoms with Gasteiger partial charge in [0.15, 0.2) is 0 Å². The lowest BCUT2D eigenvalue weighted by Crippen LogP contribution is -1.91. The predicted molar refractivity (Wildman–Crippen MR) is 187 cm³/mol. The van der Waals surface area contributed by atoms with Crippen LogP contribution in [-0.2, 0) is 14.1 Å². The number of hydrogen-bond donors (Lipinski definition) is 2. The summed E-state index contributed by atoms with van der Waals surface area (Å²) < 4.78 is 3.85. The van der Waals surface area contributed by atoms with Gasteiger partial charge in [0, 0.05) is 47.0 Å². The van der Waals surface area contributed by atoms with Gasteiger partial charge in [-0.05, 0) is 95.0 Å². The summed E-state index contributed by atoms with van der Waals surface area (Å²) in [6.07, 6.45) is 1.83. The zero-order chi connectivity index (χ0) is 32.2. The number of aryl methyl sites for hydroxylation is 9. The first-order valence-corrected chi connectivity index (χ1v) is 15.1. The molecule has 0 radical (unpaired) electrons. The summed E-state index contributed by atoms with van der Waals surface area (Å²) in [6, 6.07) is 25.3. The number of fused-ring (bicyclic) bond motifs is 4. The summed E-state index contributed by atoms with van der Waals surface area (Å²) >= 11 is 0. The first-order chi connectivity index (χ1) is 21.5. The Morgan fingerprint density at radius 1 is 0.556 bits per heavy atom. The van der Waals surface area contributed by atoms with Crippen molar-refractivity contribution in [2.75, 3.05) is 0 Å². The number of nitrogens with zero attached hydrogens (tertiary/aromatic N) is 6. The molecule has 0 unspecified atom stereocenters. The Labute approximate surface area is 264 Å². The van der Waals surface area contributed by atoms with Crippen molar-refractivity contribution in [3.05, 3.63) is 118 Å². The number of benzene rings is 4. The van der Waals surface area contributed by atoms with Crippen LogP contribution in [0.4, 0.5) is 0 Å². The van der Waals surface area contributed by atoms with Gasteiger partial charge in [-0.3, -0.25) is 19.6 Å². The summed E-state index contributed by atoms with van der Waals surface area (Å²) in [5.74, 6) is 0. The molecule has 230 valence electrons. The fourth-order valence-corrected chi connectivity index (χ4v) is 5.30.